The van der Waals surface area contributed by atoms with Crippen molar-refractivity contribution in [1.29, 1.82) is 0 Å². The number of fused-ring (bicyclic) bond motifs is 1. The molecule has 12 atom stereocenters. The number of carbonyl (C=O) groups excluding carboxylic acids is 1. The van der Waals surface area contributed by atoms with Gasteiger partial charge in [-0.1, -0.05) is 12.1 Å². The number of hydrogen-bond acceptors (Lipinski definition) is 16. The van der Waals surface area contributed by atoms with Crippen LogP contribution in [0.15, 0.2) is 36.4 Å². The highest BCUT2D eigenvalue weighted by Gasteiger charge is 2.49. The minimum Gasteiger partial charge on any atom is -0.508 e. The van der Waals surface area contributed by atoms with Crippen LogP contribution in [0.25, 0.3) is 0 Å². The second kappa shape index (κ2) is 12.5. The third-order valence-corrected chi connectivity index (χ3v) is 7.54. The third kappa shape index (κ3) is 5.87. The maximum Gasteiger partial charge on any atom is 0.229 e. The molecule has 0 bridgehead atoms. The average Bonchev–Trinajstić information content (AvgIpc) is 2.98. The topological polar surface area (TPSA) is 266 Å². The first-order valence-corrected chi connectivity index (χ1v) is 13.2. The molecule has 43 heavy (non-hydrogen) atoms. The summed E-state index contributed by atoms with van der Waals surface area (Å²) in [5, 5.41) is 101. The highest BCUT2D eigenvalue weighted by Crippen LogP contribution is 2.44. The first-order valence-electron chi connectivity index (χ1n) is 13.2. The fourth-order valence-corrected chi connectivity index (χ4v) is 5.13. The smallest absolute Gasteiger partial charge is 0.229 e. The van der Waals surface area contributed by atoms with Crippen LogP contribution in [0.1, 0.15) is 22.0 Å². The Bertz CT molecular complexity index is 1280. The molecule has 2 aromatic carbocycles. The van der Waals surface area contributed by atoms with Gasteiger partial charge in [0.2, 0.25) is 12.1 Å². The van der Waals surface area contributed by atoms with Gasteiger partial charge in [0.05, 0.1) is 13.2 Å². The molecular formula is C27H32O16. The summed E-state index contributed by atoms with van der Waals surface area (Å²) >= 11 is 0. The lowest BCUT2D eigenvalue weighted by atomic mass is 9.92. The highest BCUT2D eigenvalue weighted by atomic mass is 16.7. The Morgan fingerprint density at radius 3 is 1.86 bits per heavy atom. The van der Waals surface area contributed by atoms with E-state index in [0.717, 1.165) is 6.07 Å². The zero-order valence-electron chi connectivity index (χ0n) is 22.2. The molecule has 0 aliphatic carbocycles. The number of phenols is 2. The summed E-state index contributed by atoms with van der Waals surface area (Å²) < 4.78 is 28.1. The number of phenolic OH excluding ortho intramolecular Hbond substituents is 2. The van der Waals surface area contributed by atoms with Gasteiger partial charge in [0.15, 0.2) is 18.5 Å². The van der Waals surface area contributed by atoms with Crippen molar-refractivity contribution in [3.8, 4) is 23.0 Å². The Morgan fingerprint density at radius 2 is 1.28 bits per heavy atom. The third-order valence-electron chi connectivity index (χ3n) is 7.54. The quantitative estimate of drug-likeness (QED) is 0.147. The minimum absolute atomic E-state index is 0.106. The molecular weight excluding hydrogens is 580 g/mol. The summed E-state index contributed by atoms with van der Waals surface area (Å²) in [5.74, 6) is -2.07. The van der Waals surface area contributed by atoms with Gasteiger partial charge in [-0.15, -0.1) is 0 Å². The Kier molecular flexibility index (Phi) is 9.07. The normalized spacial score (nSPS) is 37.8. The molecule has 5 rings (SSSR count). The van der Waals surface area contributed by atoms with Crippen molar-refractivity contribution in [1.82, 2.24) is 0 Å². The Hall–Kier alpha value is -3.13. The molecule has 2 fully saturated rings. The van der Waals surface area contributed by atoms with Crippen molar-refractivity contribution in [3.05, 3.63) is 47.5 Å². The van der Waals surface area contributed by atoms with E-state index in [1.807, 2.05) is 0 Å². The van der Waals surface area contributed by atoms with Crippen molar-refractivity contribution in [3.63, 3.8) is 0 Å². The summed E-state index contributed by atoms with van der Waals surface area (Å²) in [6, 6.07) is 7.59. The molecule has 0 saturated carbocycles. The van der Waals surface area contributed by atoms with Crippen LogP contribution >= 0.6 is 0 Å². The van der Waals surface area contributed by atoms with Gasteiger partial charge in [0.1, 0.15) is 77.4 Å². The van der Waals surface area contributed by atoms with Gasteiger partial charge < -0.3 is 74.7 Å². The molecule has 10 N–H and O–H groups in total. The first kappa shape index (κ1) is 31.3. The average molecular weight is 613 g/mol. The van der Waals surface area contributed by atoms with Crippen LogP contribution in [0.5, 0.6) is 23.0 Å². The number of hydrogen-bond donors (Lipinski definition) is 10. The summed E-state index contributed by atoms with van der Waals surface area (Å²) in [6.07, 6.45) is -19.4. The standard InChI is InChI=1S/C27H32O16/c28-7-14-17(32)20(35)22(37)26(41-14)39-11-5-12(31)16-13(6-11)40-24(9-1-3-10(30)4-2-9)25(19(16)34)43-27-23(38)21(36)18(33)15(8-29)42-27/h1-6,14-15,17-18,20-33,35-38H,7-8H2/t14-,15-,17-,18-,20+,21+,22-,23-,24?,25?,26-,27+/m1/s1. The summed E-state index contributed by atoms with van der Waals surface area (Å²) in [4.78, 5) is 13.8. The fourth-order valence-electron chi connectivity index (χ4n) is 5.13. The van der Waals surface area contributed by atoms with Gasteiger partial charge in [-0.05, 0) is 17.7 Å². The van der Waals surface area contributed by atoms with E-state index in [1.165, 1.54) is 30.3 Å². The SMILES string of the molecule is O=C1c2c(O)cc(O[C@@H]3O[C@H](CO)[C@@H](O)[C@H](O)[C@H]3O)cc2OC(c2ccc(O)cc2)C1O[C@@H]1O[C@H](CO)[C@@H](O)[C@H](O)[C@H]1O. The molecule has 2 unspecified atom stereocenters. The van der Waals surface area contributed by atoms with Gasteiger partial charge in [-0.2, -0.15) is 0 Å². The van der Waals surface area contributed by atoms with Gasteiger partial charge >= 0.3 is 0 Å². The first-order chi connectivity index (χ1) is 20.4. The Labute approximate surface area is 243 Å². The molecule has 0 aromatic heterocycles. The lowest BCUT2D eigenvalue weighted by molar-refractivity contribution is -0.311. The number of ether oxygens (including phenoxy) is 5. The molecule has 2 saturated heterocycles. The molecule has 3 aliphatic heterocycles. The van der Waals surface area contributed by atoms with Crippen LogP contribution in [0, 0.1) is 0 Å². The monoisotopic (exact) mass is 612 g/mol. The lowest BCUT2D eigenvalue weighted by Crippen LogP contribution is -2.60. The number of Topliss-reactive ketones (excluding diaryl/α,β-unsaturated/α-hetero) is 1. The number of benzene rings is 2. The maximum absolute atomic E-state index is 13.8. The van der Waals surface area contributed by atoms with Crippen LogP contribution in [0.3, 0.4) is 0 Å². The van der Waals surface area contributed by atoms with Crippen molar-refractivity contribution < 1.29 is 79.5 Å². The molecule has 0 spiro atoms. The van der Waals surface area contributed by atoms with E-state index in [-0.39, 0.29) is 28.4 Å². The van der Waals surface area contributed by atoms with E-state index >= 15 is 0 Å². The summed E-state index contributed by atoms with van der Waals surface area (Å²) in [6.45, 7) is -1.45. The van der Waals surface area contributed by atoms with Crippen molar-refractivity contribution >= 4 is 5.78 Å². The number of ketones is 1. The zero-order valence-corrected chi connectivity index (χ0v) is 22.2. The predicted octanol–water partition coefficient (Wildman–Crippen LogP) is -3.22. The summed E-state index contributed by atoms with van der Waals surface area (Å²) in [7, 11) is 0. The second-order valence-corrected chi connectivity index (χ2v) is 10.4. The van der Waals surface area contributed by atoms with E-state index < -0.39 is 98.4 Å². The molecule has 16 nitrogen and oxygen atoms in total. The van der Waals surface area contributed by atoms with Crippen LogP contribution < -0.4 is 9.47 Å². The molecule has 2 aromatic rings. The molecule has 3 aliphatic rings. The molecule has 236 valence electrons. The van der Waals surface area contributed by atoms with Gasteiger partial charge in [0, 0.05) is 12.1 Å². The highest BCUT2D eigenvalue weighted by molar-refractivity contribution is 6.05. The summed E-state index contributed by atoms with van der Waals surface area (Å²) in [5.41, 5.74) is -0.100. The Morgan fingerprint density at radius 1 is 0.721 bits per heavy atom. The largest absolute Gasteiger partial charge is 0.508 e. The number of aliphatic hydroxyl groups is 8. The van der Waals surface area contributed by atoms with E-state index in [1.54, 1.807) is 0 Å². The van der Waals surface area contributed by atoms with Crippen molar-refractivity contribution in [2.45, 2.75) is 73.6 Å². The van der Waals surface area contributed by atoms with Gasteiger partial charge in [0.25, 0.3) is 0 Å². The van der Waals surface area contributed by atoms with E-state index in [9.17, 15) is 55.9 Å². The van der Waals surface area contributed by atoms with Crippen LogP contribution in [-0.2, 0) is 14.2 Å². The molecule has 16 heteroatoms. The second-order valence-electron chi connectivity index (χ2n) is 10.4. The van der Waals surface area contributed by atoms with Crippen LogP contribution in [0.4, 0.5) is 0 Å². The number of aliphatic hydroxyl groups excluding tert-OH is 8. The predicted molar refractivity (Wildman–Crippen MR) is 137 cm³/mol. The van der Waals surface area contributed by atoms with E-state index in [2.05, 4.69) is 0 Å². The van der Waals surface area contributed by atoms with Crippen LogP contribution in [0.2, 0.25) is 0 Å². The van der Waals surface area contributed by atoms with Gasteiger partial charge in [-0.3, -0.25) is 4.79 Å². The van der Waals surface area contributed by atoms with Crippen molar-refractivity contribution in [2.75, 3.05) is 13.2 Å². The molecule has 0 amide bonds. The van der Waals surface area contributed by atoms with Crippen molar-refractivity contribution in [2.24, 2.45) is 0 Å². The van der Waals surface area contributed by atoms with Gasteiger partial charge in [-0.25, -0.2) is 0 Å². The van der Waals surface area contributed by atoms with E-state index in [4.69, 9.17) is 23.7 Å². The fraction of sp³-hybridized carbons (Fsp3) is 0.519. The molecule has 3 heterocycles. The number of aromatic hydroxyl groups is 2. The van der Waals surface area contributed by atoms with E-state index in [0.29, 0.717) is 0 Å². The number of carbonyl (C=O) groups is 1. The number of rotatable bonds is 7. The maximum atomic E-state index is 13.8. The molecule has 0 radical (unpaired) electrons. The lowest BCUT2D eigenvalue weighted by Gasteiger charge is -2.42. The Balaban J connectivity index is 1.47. The minimum atomic E-state index is -1.85. The van der Waals surface area contributed by atoms with Crippen LogP contribution in [-0.4, -0.2) is 138 Å². The zero-order chi connectivity index (χ0) is 31.2.